The number of hydrogen-bond acceptors (Lipinski definition) is 8. The number of urea groups is 1. The Kier molecular flexibility index (Phi) is 7.42. The number of anilines is 1. The average Bonchev–Trinajstić information content (AvgIpc) is 3.67. The van der Waals surface area contributed by atoms with Gasteiger partial charge in [-0.25, -0.2) is 4.79 Å². The zero-order valence-corrected chi connectivity index (χ0v) is 22.3. The van der Waals surface area contributed by atoms with Crippen molar-refractivity contribution in [3.8, 4) is 21.8 Å². The molecule has 204 valence electrons. The molecule has 0 saturated carbocycles. The zero-order valence-electron chi connectivity index (χ0n) is 21.5. The number of fused-ring (bicyclic) bond motifs is 3. The number of piperidine rings is 1. The smallest absolute Gasteiger partial charge is 0.321 e. The largest absolute Gasteiger partial charge is 0.356 e. The number of aromatic amines is 1. The van der Waals surface area contributed by atoms with E-state index in [1.54, 1.807) is 18.2 Å². The van der Waals surface area contributed by atoms with Crippen LogP contribution >= 0.6 is 11.3 Å². The molecular formula is C27H31N7O4S. The van der Waals surface area contributed by atoms with E-state index in [4.69, 9.17) is 4.74 Å². The maximum absolute atomic E-state index is 13.6. The predicted molar refractivity (Wildman–Crippen MR) is 148 cm³/mol. The molecule has 12 heteroatoms. The number of thiophene rings is 1. The van der Waals surface area contributed by atoms with Crippen LogP contribution in [0.2, 0.25) is 0 Å². The van der Waals surface area contributed by atoms with Gasteiger partial charge in [0.2, 0.25) is 0 Å². The second-order valence-corrected chi connectivity index (χ2v) is 10.9. The molecule has 39 heavy (non-hydrogen) atoms. The molecule has 0 spiro atoms. The molecule has 4 heterocycles. The molecule has 1 aromatic carbocycles. The van der Waals surface area contributed by atoms with Gasteiger partial charge in [0.15, 0.2) is 5.78 Å². The number of likely N-dealkylation sites (tertiary alicyclic amines) is 1. The van der Waals surface area contributed by atoms with Gasteiger partial charge in [0, 0.05) is 31.7 Å². The number of amides is 3. The number of carbonyl (C=O) groups is 3. The van der Waals surface area contributed by atoms with Gasteiger partial charge < -0.3 is 30.9 Å². The van der Waals surface area contributed by atoms with Crippen LogP contribution in [0.3, 0.4) is 0 Å². The van der Waals surface area contributed by atoms with E-state index < -0.39 is 12.3 Å². The normalized spacial score (nSPS) is 18.9. The minimum atomic E-state index is -0.453. The summed E-state index contributed by atoms with van der Waals surface area (Å²) in [5, 5.41) is 19.2. The average molecular weight is 550 g/mol. The Balaban J connectivity index is 1.14. The topological polar surface area (TPSA) is 140 Å². The summed E-state index contributed by atoms with van der Waals surface area (Å²) in [6.45, 7) is 5.40. The minimum absolute atomic E-state index is 0.122. The lowest BCUT2D eigenvalue weighted by Crippen LogP contribution is -2.50. The fourth-order valence-electron chi connectivity index (χ4n) is 5.31. The monoisotopic (exact) mass is 549 g/mol. The highest BCUT2D eigenvalue weighted by Gasteiger charge is 2.35. The van der Waals surface area contributed by atoms with Crippen LogP contribution in [0.25, 0.3) is 21.8 Å². The highest BCUT2D eigenvalue weighted by Crippen LogP contribution is 2.44. The number of ketones is 1. The molecule has 0 radical (unpaired) electrons. The van der Waals surface area contributed by atoms with Gasteiger partial charge in [-0.05, 0) is 44.1 Å². The number of morpholine rings is 1. The van der Waals surface area contributed by atoms with Crippen molar-refractivity contribution >= 4 is 34.7 Å². The number of carbonyl (C=O) groups excluding carboxylic acids is 3. The number of nitrogens with one attached hydrogen (secondary N) is 5. The van der Waals surface area contributed by atoms with Crippen LogP contribution < -0.4 is 21.3 Å². The van der Waals surface area contributed by atoms with E-state index in [9.17, 15) is 14.4 Å². The van der Waals surface area contributed by atoms with Gasteiger partial charge in [-0.2, -0.15) is 5.10 Å². The SMILES string of the molecule is O=C(Nc1cccc2c1C(=O)c1c-2n[nH]c1-c1ccc(C(=O)NCCN2CCCCC2)s1)NC1CNCCO1. The summed E-state index contributed by atoms with van der Waals surface area (Å²) < 4.78 is 5.53. The van der Waals surface area contributed by atoms with Crippen molar-refractivity contribution in [1.82, 2.24) is 31.0 Å². The van der Waals surface area contributed by atoms with Gasteiger partial charge in [0.1, 0.15) is 11.9 Å². The Labute approximate surface area is 229 Å². The maximum Gasteiger partial charge on any atom is 0.321 e. The lowest BCUT2D eigenvalue weighted by Gasteiger charge is -2.26. The van der Waals surface area contributed by atoms with Crippen LogP contribution in [0.4, 0.5) is 10.5 Å². The predicted octanol–water partition coefficient (Wildman–Crippen LogP) is 2.63. The first-order valence-electron chi connectivity index (χ1n) is 13.4. The molecule has 2 fully saturated rings. The third-order valence-corrected chi connectivity index (χ3v) is 8.35. The van der Waals surface area contributed by atoms with Crippen LogP contribution in [-0.4, -0.2) is 84.9 Å². The van der Waals surface area contributed by atoms with Crippen LogP contribution in [0.15, 0.2) is 30.3 Å². The van der Waals surface area contributed by atoms with E-state index in [0.29, 0.717) is 58.3 Å². The lowest BCUT2D eigenvalue weighted by atomic mass is 10.1. The number of ether oxygens (including phenoxy) is 1. The number of benzene rings is 1. The third kappa shape index (κ3) is 5.33. The first kappa shape index (κ1) is 25.7. The van der Waals surface area contributed by atoms with Gasteiger partial charge in [-0.3, -0.25) is 14.7 Å². The van der Waals surface area contributed by atoms with E-state index in [1.165, 1.54) is 30.6 Å². The summed E-state index contributed by atoms with van der Waals surface area (Å²) in [6.07, 6.45) is 3.28. The quantitative estimate of drug-likeness (QED) is 0.239. The van der Waals surface area contributed by atoms with E-state index >= 15 is 0 Å². The molecule has 3 aromatic rings. The van der Waals surface area contributed by atoms with Gasteiger partial charge in [0.25, 0.3) is 5.91 Å². The van der Waals surface area contributed by atoms with Gasteiger partial charge >= 0.3 is 6.03 Å². The first-order chi connectivity index (χ1) is 19.1. The Morgan fingerprint density at radius 2 is 2.00 bits per heavy atom. The second kappa shape index (κ2) is 11.3. The molecular weight excluding hydrogens is 518 g/mol. The van der Waals surface area contributed by atoms with Crippen molar-refractivity contribution in [2.45, 2.75) is 25.5 Å². The number of aromatic nitrogens is 2. The number of rotatable bonds is 7. The Morgan fingerprint density at radius 1 is 1.13 bits per heavy atom. The summed E-state index contributed by atoms with van der Waals surface area (Å²) in [5.74, 6) is -0.347. The molecule has 2 aromatic heterocycles. The van der Waals surface area contributed by atoms with Gasteiger partial charge in [-0.15, -0.1) is 11.3 Å². The molecule has 2 saturated heterocycles. The molecule has 3 amide bonds. The van der Waals surface area contributed by atoms with Gasteiger partial charge in [0.05, 0.1) is 38.9 Å². The Hall–Kier alpha value is -3.58. The lowest BCUT2D eigenvalue weighted by molar-refractivity contribution is 0.0156. The Bertz CT molecular complexity index is 1390. The Morgan fingerprint density at radius 3 is 2.82 bits per heavy atom. The summed E-state index contributed by atoms with van der Waals surface area (Å²) in [4.78, 5) is 42.7. The number of nitrogens with zero attached hydrogens (tertiary/aromatic N) is 2. The fraction of sp³-hybridized carbons (Fsp3) is 0.407. The van der Waals surface area contributed by atoms with Crippen molar-refractivity contribution in [3.63, 3.8) is 0 Å². The summed E-state index contributed by atoms with van der Waals surface area (Å²) in [7, 11) is 0. The van der Waals surface area contributed by atoms with E-state index in [1.807, 2.05) is 12.1 Å². The first-order valence-corrected chi connectivity index (χ1v) is 14.2. The van der Waals surface area contributed by atoms with Crippen molar-refractivity contribution in [2.75, 3.05) is 51.2 Å². The molecule has 1 atom stereocenters. The minimum Gasteiger partial charge on any atom is -0.356 e. The zero-order chi connectivity index (χ0) is 26.8. The molecule has 11 nitrogen and oxygen atoms in total. The summed E-state index contributed by atoms with van der Waals surface area (Å²) >= 11 is 1.32. The van der Waals surface area contributed by atoms with Crippen LogP contribution in [0.1, 0.15) is 44.9 Å². The molecule has 6 rings (SSSR count). The van der Waals surface area contributed by atoms with E-state index in [0.717, 1.165) is 31.1 Å². The molecule has 1 aliphatic carbocycles. The number of hydrogen-bond donors (Lipinski definition) is 5. The molecule has 1 unspecified atom stereocenters. The van der Waals surface area contributed by atoms with E-state index in [-0.39, 0.29) is 11.7 Å². The molecule has 3 aliphatic rings. The molecule has 0 bridgehead atoms. The summed E-state index contributed by atoms with van der Waals surface area (Å²) in [5.41, 5.74) is 3.00. The van der Waals surface area contributed by atoms with Gasteiger partial charge in [-0.1, -0.05) is 18.6 Å². The highest BCUT2D eigenvalue weighted by molar-refractivity contribution is 7.17. The van der Waals surface area contributed by atoms with E-state index in [2.05, 4.69) is 36.4 Å². The van der Waals surface area contributed by atoms with Crippen LogP contribution in [0.5, 0.6) is 0 Å². The fourth-order valence-corrected chi connectivity index (χ4v) is 6.24. The van der Waals surface area contributed by atoms with Crippen molar-refractivity contribution in [3.05, 3.63) is 46.3 Å². The van der Waals surface area contributed by atoms with Crippen LogP contribution in [-0.2, 0) is 4.74 Å². The molecule has 5 N–H and O–H groups in total. The number of H-pyrrole nitrogens is 1. The van der Waals surface area contributed by atoms with Crippen molar-refractivity contribution < 1.29 is 19.1 Å². The van der Waals surface area contributed by atoms with Crippen molar-refractivity contribution in [2.24, 2.45) is 0 Å². The summed E-state index contributed by atoms with van der Waals surface area (Å²) in [6, 6.07) is 8.45. The maximum atomic E-state index is 13.6. The van der Waals surface area contributed by atoms with Crippen molar-refractivity contribution in [1.29, 1.82) is 0 Å². The molecule has 2 aliphatic heterocycles. The second-order valence-electron chi connectivity index (χ2n) is 9.86. The third-order valence-electron chi connectivity index (χ3n) is 7.25. The standard InChI is InChI=1S/C27H31N7O4S/c35-25-21-16(5-4-6-17(21)30-27(37)31-20-15-28-10-14-38-20)23-22(25)24(33-32-23)18-7-8-19(39-18)26(36)29-9-13-34-11-2-1-3-12-34/h4-8,20,28H,1-3,9-15H2,(H,29,36)(H,32,33)(H2,30,31,37). The highest BCUT2D eigenvalue weighted by atomic mass is 32.1. The van der Waals surface area contributed by atoms with Crippen LogP contribution in [0, 0.1) is 0 Å².